The second kappa shape index (κ2) is 6.28. The van der Waals surface area contributed by atoms with Gasteiger partial charge in [-0.1, -0.05) is 45.0 Å². The first-order valence-corrected chi connectivity index (χ1v) is 8.69. The Labute approximate surface area is 141 Å². The van der Waals surface area contributed by atoms with Gasteiger partial charge < -0.3 is 10.1 Å². The van der Waals surface area contributed by atoms with Crippen molar-refractivity contribution in [1.29, 1.82) is 0 Å². The molecule has 3 rings (SSSR count). The molecule has 2 aromatic carbocycles. The van der Waals surface area contributed by atoms with Gasteiger partial charge in [0.1, 0.15) is 5.75 Å². The first kappa shape index (κ1) is 15.9. The van der Waals surface area contributed by atoms with E-state index >= 15 is 0 Å². The van der Waals surface area contributed by atoms with Crippen LogP contribution in [0.5, 0.6) is 5.75 Å². The molecule has 0 radical (unpaired) electrons. The van der Waals surface area contributed by atoms with Crippen molar-refractivity contribution in [3.63, 3.8) is 0 Å². The molecule has 2 aromatic rings. The Bertz CT molecular complexity index is 717. The largest absolute Gasteiger partial charge is 0.482 e. The summed E-state index contributed by atoms with van der Waals surface area (Å²) in [6.07, 6.45) is 0. The monoisotopic (exact) mass is 327 g/mol. The minimum Gasteiger partial charge on any atom is -0.482 e. The Morgan fingerprint density at radius 1 is 1.13 bits per heavy atom. The van der Waals surface area contributed by atoms with Crippen LogP contribution in [-0.4, -0.2) is 12.5 Å². The lowest BCUT2D eigenvalue weighted by Crippen LogP contribution is -2.25. The zero-order valence-corrected chi connectivity index (χ0v) is 14.5. The molecule has 0 bridgehead atoms. The van der Waals surface area contributed by atoms with E-state index in [2.05, 4.69) is 50.4 Å². The maximum atomic E-state index is 11.3. The second-order valence-corrected chi connectivity index (χ2v) is 7.78. The van der Waals surface area contributed by atoms with Crippen LogP contribution in [-0.2, 0) is 16.0 Å². The number of thioether (sulfide) groups is 1. The van der Waals surface area contributed by atoms with Crippen molar-refractivity contribution in [3.05, 3.63) is 53.6 Å². The molecule has 0 fully saturated rings. The molecule has 1 aliphatic heterocycles. The molecule has 0 unspecified atom stereocenters. The summed E-state index contributed by atoms with van der Waals surface area (Å²) in [6.45, 7) is 6.77. The fourth-order valence-corrected chi connectivity index (χ4v) is 3.29. The number of carbonyl (C=O) groups excluding carboxylic acids is 1. The minimum absolute atomic E-state index is 0.0926. The van der Waals surface area contributed by atoms with Crippen molar-refractivity contribution in [2.45, 2.75) is 36.8 Å². The van der Waals surface area contributed by atoms with Crippen molar-refractivity contribution in [1.82, 2.24) is 0 Å². The average Bonchev–Trinajstić information content (AvgIpc) is 2.52. The van der Waals surface area contributed by atoms with E-state index in [4.69, 9.17) is 4.74 Å². The number of rotatable bonds is 3. The molecule has 3 nitrogen and oxygen atoms in total. The van der Waals surface area contributed by atoms with Crippen LogP contribution in [0.2, 0.25) is 0 Å². The van der Waals surface area contributed by atoms with Gasteiger partial charge in [-0.05, 0) is 34.7 Å². The third kappa shape index (κ3) is 3.88. The van der Waals surface area contributed by atoms with Crippen molar-refractivity contribution >= 4 is 23.4 Å². The van der Waals surface area contributed by atoms with E-state index in [1.54, 1.807) is 11.8 Å². The molecule has 0 saturated heterocycles. The third-order valence-electron chi connectivity index (χ3n) is 3.81. The lowest BCUT2D eigenvalue weighted by molar-refractivity contribution is -0.118. The molecule has 120 valence electrons. The van der Waals surface area contributed by atoms with Crippen LogP contribution in [0.25, 0.3) is 0 Å². The van der Waals surface area contributed by atoms with Crippen LogP contribution in [0.3, 0.4) is 0 Å². The van der Waals surface area contributed by atoms with Crippen molar-refractivity contribution < 1.29 is 9.53 Å². The number of nitrogens with one attached hydrogen (secondary N) is 1. The van der Waals surface area contributed by atoms with Crippen molar-refractivity contribution in [2.24, 2.45) is 0 Å². The summed E-state index contributed by atoms with van der Waals surface area (Å²) in [4.78, 5) is 12.4. The van der Waals surface area contributed by atoms with Crippen molar-refractivity contribution in [2.75, 3.05) is 11.9 Å². The van der Waals surface area contributed by atoms with E-state index in [-0.39, 0.29) is 17.9 Å². The highest BCUT2D eigenvalue weighted by atomic mass is 32.2. The van der Waals surface area contributed by atoms with Gasteiger partial charge in [-0.25, -0.2) is 0 Å². The molecule has 1 aliphatic rings. The van der Waals surface area contributed by atoms with Gasteiger partial charge in [-0.15, -0.1) is 11.8 Å². The van der Waals surface area contributed by atoms with Crippen LogP contribution in [0.15, 0.2) is 47.4 Å². The molecule has 1 heterocycles. The molecule has 1 N–H and O–H groups in total. The summed E-state index contributed by atoms with van der Waals surface area (Å²) in [7, 11) is 0. The van der Waals surface area contributed by atoms with E-state index in [1.165, 1.54) is 11.1 Å². The highest BCUT2D eigenvalue weighted by molar-refractivity contribution is 7.98. The van der Waals surface area contributed by atoms with Gasteiger partial charge in [0.05, 0.1) is 5.69 Å². The molecule has 0 aliphatic carbocycles. The van der Waals surface area contributed by atoms with Gasteiger partial charge in [0.25, 0.3) is 5.91 Å². The van der Waals surface area contributed by atoms with Crippen LogP contribution in [0.1, 0.15) is 31.9 Å². The highest BCUT2D eigenvalue weighted by Crippen LogP contribution is 2.33. The number of ether oxygens (including phenoxy) is 1. The van der Waals surface area contributed by atoms with Crippen LogP contribution in [0.4, 0.5) is 5.69 Å². The van der Waals surface area contributed by atoms with Gasteiger partial charge in [0, 0.05) is 10.6 Å². The number of fused-ring (bicyclic) bond motifs is 1. The zero-order valence-electron chi connectivity index (χ0n) is 13.7. The number of amides is 1. The molecular weight excluding hydrogens is 306 g/mol. The summed E-state index contributed by atoms with van der Waals surface area (Å²) < 4.78 is 5.46. The lowest BCUT2D eigenvalue weighted by Gasteiger charge is -2.19. The van der Waals surface area contributed by atoms with Gasteiger partial charge >= 0.3 is 0 Å². The molecular formula is C19H21NO2S. The zero-order chi connectivity index (χ0) is 16.4. The molecule has 0 atom stereocenters. The number of hydrogen-bond acceptors (Lipinski definition) is 3. The summed E-state index contributed by atoms with van der Waals surface area (Å²) in [5, 5.41) is 2.81. The fourth-order valence-electron chi connectivity index (χ4n) is 2.41. The SMILES string of the molecule is CC(C)(C)c1ccc(CSc2ccc3c(c2)OCC(=O)N3)cc1. The Kier molecular flexibility index (Phi) is 4.35. The number of carbonyl (C=O) groups is 1. The van der Waals surface area contributed by atoms with E-state index < -0.39 is 0 Å². The van der Waals surface area contributed by atoms with E-state index in [0.717, 1.165) is 22.1 Å². The number of hydrogen-bond donors (Lipinski definition) is 1. The maximum absolute atomic E-state index is 11.3. The molecule has 1 amide bonds. The van der Waals surface area contributed by atoms with Gasteiger partial charge in [0.15, 0.2) is 6.61 Å². The average molecular weight is 327 g/mol. The predicted molar refractivity (Wildman–Crippen MR) is 95.3 cm³/mol. The number of benzene rings is 2. The lowest BCUT2D eigenvalue weighted by atomic mass is 9.87. The Morgan fingerprint density at radius 3 is 2.57 bits per heavy atom. The molecule has 23 heavy (non-hydrogen) atoms. The van der Waals surface area contributed by atoms with E-state index in [0.29, 0.717) is 0 Å². The Balaban J connectivity index is 1.65. The smallest absolute Gasteiger partial charge is 0.262 e. The quantitative estimate of drug-likeness (QED) is 0.837. The maximum Gasteiger partial charge on any atom is 0.262 e. The van der Waals surface area contributed by atoms with Gasteiger partial charge in [0.2, 0.25) is 0 Å². The summed E-state index contributed by atoms with van der Waals surface area (Å²) in [5.41, 5.74) is 3.59. The summed E-state index contributed by atoms with van der Waals surface area (Å²) >= 11 is 1.77. The van der Waals surface area contributed by atoms with E-state index in [1.807, 2.05) is 18.2 Å². The van der Waals surface area contributed by atoms with Crippen molar-refractivity contribution in [3.8, 4) is 5.75 Å². The number of anilines is 1. The first-order valence-electron chi connectivity index (χ1n) is 7.71. The summed E-state index contributed by atoms with van der Waals surface area (Å²) in [5.74, 6) is 1.56. The Morgan fingerprint density at radius 2 is 1.87 bits per heavy atom. The Hall–Kier alpha value is -1.94. The highest BCUT2D eigenvalue weighted by Gasteiger charge is 2.16. The molecule has 0 aromatic heterocycles. The molecule has 0 saturated carbocycles. The van der Waals surface area contributed by atoms with Gasteiger partial charge in [-0.2, -0.15) is 0 Å². The standard InChI is InChI=1S/C19H21NO2S/c1-19(2,3)14-6-4-13(5-7-14)12-23-15-8-9-16-17(10-15)22-11-18(21)20-16/h4-10H,11-12H2,1-3H3,(H,20,21). The molecule has 0 spiro atoms. The third-order valence-corrected chi connectivity index (χ3v) is 4.88. The molecule has 4 heteroatoms. The van der Waals surface area contributed by atoms with Crippen LogP contribution >= 0.6 is 11.8 Å². The topological polar surface area (TPSA) is 38.3 Å². The van der Waals surface area contributed by atoms with Crippen LogP contribution < -0.4 is 10.1 Å². The van der Waals surface area contributed by atoms with Crippen LogP contribution in [0, 0.1) is 0 Å². The summed E-state index contributed by atoms with van der Waals surface area (Å²) in [6, 6.07) is 14.7. The minimum atomic E-state index is -0.100. The normalized spacial score (nSPS) is 14.0. The predicted octanol–water partition coefficient (Wildman–Crippen LogP) is 4.61. The fraction of sp³-hybridized carbons (Fsp3) is 0.316. The second-order valence-electron chi connectivity index (χ2n) is 6.73. The van der Waals surface area contributed by atoms with E-state index in [9.17, 15) is 4.79 Å². The first-order chi connectivity index (χ1) is 10.9. The van der Waals surface area contributed by atoms with Gasteiger partial charge in [-0.3, -0.25) is 4.79 Å².